The number of nitrogens with zero attached hydrogens (tertiary/aromatic N) is 2. The van der Waals surface area contributed by atoms with Gasteiger partial charge in [-0.2, -0.15) is 5.26 Å². The third-order valence-electron chi connectivity index (χ3n) is 9.06. The molecule has 0 radical (unpaired) electrons. The van der Waals surface area contributed by atoms with Crippen LogP contribution in [-0.2, 0) is 20.0 Å². The average Bonchev–Trinajstić information content (AvgIpc) is 3.22. The summed E-state index contributed by atoms with van der Waals surface area (Å²) in [6.07, 6.45) is 1.06. The zero-order valence-corrected chi connectivity index (χ0v) is 21.8. The number of halogens is 2. The summed E-state index contributed by atoms with van der Waals surface area (Å²) in [5.41, 5.74) is -0.151. The van der Waals surface area contributed by atoms with Gasteiger partial charge < -0.3 is 20.6 Å². The van der Waals surface area contributed by atoms with E-state index in [1.807, 2.05) is 6.07 Å². The van der Waals surface area contributed by atoms with Crippen molar-refractivity contribution in [3.63, 3.8) is 0 Å². The maximum atomic E-state index is 15.2. The fraction of sp³-hybridized carbons (Fsp3) is 0.467. The van der Waals surface area contributed by atoms with Gasteiger partial charge in [-0.15, -0.1) is 0 Å². The van der Waals surface area contributed by atoms with Crippen LogP contribution in [0.4, 0.5) is 8.78 Å². The fourth-order valence-corrected chi connectivity index (χ4v) is 7.17. The smallest absolute Gasteiger partial charge is 0.264 e. The molecule has 3 N–H and O–H groups in total. The predicted octanol–water partition coefficient (Wildman–Crippen LogP) is 2.84. The topological polar surface area (TPSA) is 123 Å². The average molecular weight is 549 g/mol. The number of hydrogen-bond donors (Lipinski definition) is 3. The highest BCUT2D eigenvalue weighted by molar-refractivity contribution is 6.01. The van der Waals surface area contributed by atoms with Gasteiger partial charge in [0.2, 0.25) is 11.8 Å². The molecule has 3 saturated heterocycles. The standard InChI is InChI=1S/C30H30F2N4O4/c31-29(32)15-19-11-12-24(29)25(27(38)35-18(16-33)14-17-6-5-13-34-26(17)37)36(19)28(39)30(40)22-9-3-1-7-20(22)21-8-2-4-10-23(21)30/h1-4,7-10,17-19,24-25,40H,5-6,11-15H2,(H,34,37)(H,35,38)/t17-,18+,19-,24-,25-/m0/s1. The number of nitrogens with one attached hydrogen (secondary N) is 2. The highest BCUT2D eigenvalue weighted by Gasteiger charge is 2.63. The summed E-state index contributed by atoms with van der Waals surface area (Å²) in [5.74, 6) is -7.03. The van der Waals surface area contributed by atoms with Crippen LogP contribution in [0.5, 0.6) is 0 Å². The van der Waals surface area contributed by atoms with Gasteiger partial charge in [0, 0.05) is 36.1 Å². The van der Waals surface area contributed by atoms with Crippen LogP contribution in [0.2, 0.25) is 0 Å². The predicted molar refractivity (Wildman–Crippen MR) is 139 cm³/mol. The number of amides is 3. The van der Waals surface area contributed by atoms with Crippen molar-refractivity contribution >= 4 is 17.7 Å². The molecule has 208 valence electrons. The Morgan fingerprint density at radius 2 is 1.75 bits per heavy atom. The Labute approximate surface area is 230 Å². The van der Waals surface area contributed by atoms with E-state index < -0.39 is 59.7 Å². The molecule has 0 spiro atoms. The van der Waals surface area contributed by atoms with E-state index >= 15 is 8.78 Å². The number of alkyl halides is 2. The van der Waals surface area contributed by atoms with E-state index in [9.17, 15) is 24.8 Å². The van der Waals surface area contributed by atoms with Crippen LogP contribution in [0.3, 0.4) is 0 Å². The molecule has 5 atom stereocenters. The van der Waals surface area contributed by atoms with Crippen LogP contribution in [0.25, 0.3) is 11.1 Å². The van der Waals surface area contributed by atoms with Gasteiger partial charge in [-0.1, -0.05) is 48.5 Å². The summed E-state index contributed by atoms with van der Waals surface area (Å²) in [4.78, 5) is 41.5. The first-order valence-corrected chi connectivity index (χ1v) is 13.8. The number of rotatable bonds is 5. The van der Waals surface area contributed by atoms with Crippen LogP contribution in [-0.4, -0.2) is 58.3 Å². The molecule has 0 unspecified atom stereocenters. The molecule has 10 heteroatoms. The van der Waals surface area contributed by atoms with Crippen LogP contribution >= 0.6 is 0 Å². The first-order valence-electron chi connectivity index (χ1n) is 13.8. The molecule has 0 aromatic heterocycles. The van der Waals surface area contributed by atoms with Gasteiger partial charge in [0.05, 0.1) is 12.0 Å². The monoisotopic (exact) mass is 548 g/mol. The lowest BCUT2D eigenvalue weighted by Gasteiger charge is -2.54. The Morgan fingerprint density at radius 3 is 2.35 bits per heavy atom. The number of aliphatic hydroxyl groups is 1. The van der Waals surface area contributed by atoms with Gasteiger partial charge in [-0.3, -0.25) is 14.4 Å². The van der Waals surface area contributed by atoms with Gasteiger partial charge >= 0.3 is 0 Å². The number of benzene rings is 2. The molecule has 3 aliphatic heterocycles. The first-order chi connectivity index (χ1) is 19.2. The summed E-state index contributed by atoms with van der Waals surface area (Å²) in [7, 11) is 0. The van der Waals surface area contributed by atoms with Crippen LogP contribution in [0.15, 0.2) is 48.5 Å². The Morgan fingerprint density at radius 1 is 1.10 bits per heavy atom. The summed E-state index contributed by atoms with van der Waals surface area (Å²) in [5, 5.41) is 27.2. The molecule has 40 heavy (non-hydrogen) atoms. The summed E-state index contributed by atoms with van der Waals surface area (Å²) < 4.78 is 30.5. The van der Waals surface area contributed by atoms with Gasteiger partial charge in [-0.25, -0.2) is 8.78 Å². The number of carbonyl (C=O) groups excluding carboxylic acids is 3. The molecule has 7 rings (SSSR count). The lowest BCUT2D eigenvalue weighted by atomic mass is 9.70. The molecule has 3 heterocycles. The van der Waals surface area contributed by atoms with Crippen molar-refractivity contribution < 1.29 is 28.3 Å². The number of hydrogen-bond acceptors (Lipinski definition) is 5. The van der Waals surface area contributed by atoms with Gasteiger partial charge in [0.25, 0.3) is 11.8 Å². The van der Waals surface area contributed by atoms with E-state index in [0.29, 0.717) is 35.2 Å². The van der Waals surface area contributed by atoms with Gasteiger partial charge in [-0.05, 0) is 43.2 Å². The Balaban J connectivity index is 1.35. The molecule has 5 aliphatic rings. The van der Waals surface area contributed by atoms with Crippen molar-refractivity contribution in [2.75, 3.05) is 6.54 Å². The minimum Gasteiger partial charge on any atom is -0.372 e. The second kappa shape index (κ2) is 9.66. The molecular weight excluding hydrogens is 518 g/mol. The lowest BCUT2D eigenvalue weighted by Crippen LogP contribution is -2.70. The molecule has 2 aromatic carbocycles. The second-order valence-corrected chi connectivity index (χ2v) is 11.3. The van der Waals surface area contributed by atoms with Crippen molar-refractivity contribution in [3.05, 3.63) is 59.7 Å². The number of fused-ring (bicyclic) bond motifs is 6. The molecule has 2 aliphatic carbocycles. The fourth-order valence-electron chi connectivity index (χ4n) is 7.17. The highest BCUT2D eigenvalue weighted by atomic mass is 19.3. The van der Waals surface area contributed by atoms with E-state index in [-0.39, 0.29) is 25.2 Å². The van der Waals surface area contributed by atoms with Crippen LogP contribution in [0.1, 0.15) is 49.7 Å². The van der Waals surface area contributed by atoms with Crippen molar-refractivity contribution in [1.29, 1.82) is 5.26 Å². The van der Waals surface area contributed by atoms with E-state index in [0.717, 1.165) is 11.3 Å². The Bertz CT molecular complexity index is 1380. The third-order valence-corrected chi connectivity index (χ3v) is 9.06. The SMILES string of the molecule is N#C[C@@H](C[C@@H]1CCCNC1=O)NC(=O)[C@@H]1[C@@H]2CC[C@@H](CC2(F)F)N1C(=O)C1(O)c2ccccc2-c2ccccc21. The molecule has 8 nitrogen and oxygen atoms in total. The number of carbonyl (C=O) groups is 3. The Hall–Kier alpha value is -3.84. The maximum absolute atomic E-state index is 15.2. The molecule has 1 saturated carbocycles. The van der Waals surface area contributed by atoms with E-state index in [1.54, 1.807) is 48.5 Å². The van der Waals surface area contributed by atoms with Crippen molar-refractivity contribution in [1.82, 2.24) is 15.5 Å². The summed E-state index contributed by atoms with van der Waals surface area (Å²) >= 11 is 0. The molecule has 4 fully saturated rings. The molecular formula is C30H30F2N4O4. The summed E-state index contributed by atoms with van der Waals surface area (Å²) in [6, 6.07) is 12.2. The zero-order chi connectivity index (χ0) is 28.2. The third kappa shape index (κ3) is 3.98. The number of piperidine rings is 3. The summed E-state index contributed by atoms with van der Waals surface area (Å²) in [6.45, 7) is 0.547. The molecule has 2 bridgehead atoms. The number of nitriles is 1. The van der Waals surface area contributed by atoms with Crippen molar-refractivity contribution in [2.24, 2.45) is 11.8 Å². The quantitative estimate of drug-likeness (QED) is 0.531. The van der Waals surface area contributed by atoms with Crippen LogP contribution in [0, 0.1) is 23.2 Å². The van der Waals surface area contributed by atoms with Crippen molar-refractivity contribution in [2.45, 2.75) is 68.2 Å². The lowest BCUT2D eigenvalue weighted by molar-refractivity contribution is -0.201. The first kappa shape index (κ1) is 26.4. The van der Waals surface area contributed by atoms with E-state index in [1.165, 1.54) is 0 Å². The highest BCUT2D eigenvalue weighted by Crippen LogP contribution is 2.53. The molecule has 3 amide bonds. The minimum absolute atomic E-state index is 0.0351. The van der Waals surface area contributed by atoms with E-state index in [4.69, 9.17) is 0 Å². The molecule has 2 aromatic rings. The van der Waals surface area contributed by atoms with E-state index in [2.05, 4.69) is 10.6 Å². The normalized spacial score (nSPS) is 28.1. The van der Waals surface area contributed by atoms with Crippen molar-refractivity contribution in [3.8, 4) is 17.2 Å². The van der Waals surface area contributed by atoms with Gasteiger partial charge in [0.15, 0.2) is 5.60 Å². The van der Waals surface area contributed by atoms with Gasteiger partial charge in [0.1, 0.15) is 12.1 Å². The zero-order valence-electron chi connectivity index (χ0n) is 21.8. The maximum Gasteiger partial charge on any atom is 0.264 e. The van der Waals surface area contributed by atoms with Crippen LogP contribution < -0.4 is 10.6 Å². The minimum atomic E-state index is -3.19. The largest absolute Gasteiger partial charge is 0.372 e. The Kier molecular flexibility index (Phi) is 6.37. The second-order valence-electron chi connectivity index (χ2n) is 11.3.